The van der Waals surface area contributed by atoms with Crippen molar-refractivity contribution >= 4 is 0 Å². The van der Waals surface area contributed by atoms with Crippen LogP contribution in [0, 0.1) is 0 Å². The molecule has 0 amide bonds. The number of rotatable bonds is 2. The van der Waals surface area contributed by atoms with E-state index < -0.39 is 18.0 Å². The van der Waals surface area contributed by atoms with Crippen LogP contribution >= 0.6 is 0 Å². The monoisotopic (exact) mass is 274 g/mol. The molecule has 0 unspecified atom stereocenters. The highest BCUT2D eigenvalue weighted by atomic mass is 19.4. The summed E-state index contributed by atoms with van der Waals surface area (Å²) in [5.41, 5.74) is -1.50. The molecule has 3 N–H and O–H groups in total. The SMILES string of the molecule is OC(O)(O)n1cc(-c2ccccc2)c(C(F)(F)F)n1. The van der Waals surface area contributed by atoms with Gasteiger partial charge in [-0.2, -0.15) is 23.0 Å². The Morgan fingerprint density at radius 1 is 1.00 bits per heavy atom. The Hall–Kier alpha value is -1.90. The number of benzene rings is 1. The summed E-state index contributed by atoms with van der Waals surface area (Å²) in [6.45, 7) is 0. The molecule has 2 aromatic rings. The van der Waals surface area contributed by atoms with Gasteiger partial charge in [0, 0.05) is 11.8 Å². The summed E-state index contributed by atoms with van der Waals surface area (Å²) in [5.74, 6) is 0. The minimum atomic E-state index is -4.79. The lowest BCUT2D eigenvalue weighted by Crippen LogP contribution is -2.33. The zero-order chi connectivity index (χ0) is 14.3. The molecule has 1 aromatic heterocycles. The minimum absolute atomic E-state index is 0.0259. The van der Waals surface area contributed by atoms with Gasteiger partial charge in [-0.3, -0.25) is 0 Å². The molecule has 0 saturated carbocycles. The molecule has 2 rings (SSSR count). The fourth-order valence-electron chi connectivity index (χ4n) is 1.57. The van der Waals surface area contributed by atoms with Crippen LogP contribution in [0.15, 0.2) is 36.5 Å². The molecule has 0 fully saturated rings. The molecule has 0 spiro atoms. The number of hydrogen-bond acceptors (Lipinski definition) is 4. The van der Waals surface area contributed by atoms with Crippen molar-refractivity contribution in [3.8, 4) is 11.1 Å². The third-order valence-corrected chi connectivity index (χ3v) is 2.37. The summed E-state index contributed by atoms with van der Waals surface area (Å²) in [7, 11) is 0. The Bertz CT molecular complexity index is 573. The van der Waals surface area contributed by atoms with Gasteiger partial charge >= 0.3 is 12.3 Å². The molecule has 0 bridgehead atoms. The lowest BCUT2D eigenvalue weighted by atomic mass is 10.1. The van der Waals surface area contributed by atoms with Crippen molar-refractivity contribution in [3.05, 3.63) is 42.2 Å². The molecule has 1 heterocycles. The lowest BCUT2D eigenvalue weighted by Gasteiger charge is -2.13. The molecule has 0 aliphatic carbocycles. The Balaban J connectivity index is 2.63. The van der Waals surface area contributed by atoms with Gasteiger partial charge in [0.2, 0.25) is 0 Å². The van der Waals surface area contributed by atoms with Crippen LogP contribution in [0.25, 0.3) is 11.1 Å². The molecular formula is C11H9F3N2O3. The number of aromatic nitrogens is 2. The van der Waals surface area contributed by atoms with Crippen LogP contribution in [0.4, 0.5) is 13.2 Å². The molecule has 0 aliphatic rings. The number of alkyl halides is 3. The molecule has 0 radical (unpaired) electrons. The largest absolute Gasteiger partial charge is 0.435 e. The molecule has 0 aliphatic heterocycles. The number of nitrogens with zero attached hydrogens (tertiary/aromatic N) is 2. The molecule has 102 valence electrons. The molecule has 5 nitrogen and oxygen atoms in total. The van der Waals surface area contributed by atoms with Crippen molar-refractivity contribution in [2.24, 2.45) is 0 Å². The second-order valence-corrected chi connectivity index (χ2v) is 3.80. The van der Waals surface area contributed by atoms with Crippen LogP contribution in [0.3, 0.4) is 0 Å². The lowest BCUT2D eigenvalue weighted by molar-refractivity contribution is -0.381. The van der Waals surface area contributed by atoms with Crippen molar-refractivity contribution in [1.82, 2.24) is 9.78 Å². The number of hydrogen-bond donors (Lipinski definition) is 3. The standard InChI is InChI=1S/C11H9F3N2O3/c12-10(13,14)9-8(7-4-2-1-3-5-7)6-16(15-9)11(17,18)19/h1-6,17-19H. The van der Waals surface area contributed by atoms with Gasteiger partial charge in [-0.25, -0.2) is 0 Å². The van der Waals surface area contributed by atoms with E-state index in [2.05, 4.69) is 5.10 Å². The van der Waals surface area contributed by atoms with Crippen LogP contribution in [-0.4, -0.2) is 25.1 Å². The third-order valence-electron chi connectivity index (χ3n) is 2.37. The first-order valence-electron chi connectivity index (χ1n) is 5.09. The van der Waals surface area contributed by atoms with E-state index in [-0.39, 0.29) is 15.8 Å². The van der Waals surface area contributed by atoms with Crippen molar-refractivity contribution in [1.29, 1.82) is 0 Å². The Morgan fingerprint density at radius 3 is 2.05 bits per heavy atom. The number of aliphatic hydroxyl groups is 3. The Morgan fingerprint density at radius 2 is 1.58 bits per heavy atom. The first-order chi connectivity index (χ1) is 8.69. The molecule has 19 heavy (non-hydrogen) atoms. The predicted molar refractivity (Wildman–Crippen MR) is 57.3 cm³/mol. The van der Waals surface area contributed by atoms with Gasteiger partial charge in [-0.05, 0) is 5.56 Å². The minimum Gasteiger partial charge on any atom is -0.324 e. The average molecular weight is 274 g/mol. The van der Waals surface area contributed by atoms with Gasteiger partial charge in [-0.15, -0.1) is 0 Å². The summed E-state index contributed by atoms with van der Waals surface area (Å²) in [5, 5.41) is 29.6. The van der Waals surface area contributed by atoms with E-state index in [0.29, 0.717) is 6.20 Å². The van der Waals surface area contributed by atoms with E-state index in [0.717, 1.165) is 0 Å². The molecule has 0 atom stereocenters. The van der Waals surface area contributed by atoms with Gasteiger partial charge in [0.05, 0.1) is 0 Å². The van der Waals surface area contributed by atoms with E-state index in [1.54, 1.807) is 6.07 Å². The van der Waals surface area contributed by atoms with Crippen LogP contribution < -0.4 is 0 Å². The van der Waals surface area contributed by atoms with Crippen molar-refractivity contribution < 1.29 is 28.5 Å². The quantitative estimate of drug-likeness (QED) is 0.717. The summed E-state index contributed by atoms with van der Waals surface area (Å²) < 4.78 is 38.5. The second-order valence-electron chi connectivity index (χ2n) is 3.80. The molecule has 8 heteroatoms. The zero-order valence-corrected chi connectivity index (χ0v) is 9.33. The van der Waals surface area contributed by atoms with E-state index >= 15 is 0 Å². The van der Waals surface area contributed by atoms with Crippen LogP contribution in [0.1, 0.15) is 5.69 Å². The molecule has 0 saturated heterocycles. The molecular weight excluding hydrogens is 265 g/mol. The van der Waals surface area contributed by atoms with Crippen LogP contribution in [0.5, 0.6) is 0 Å². The summed E-state index contributed by atoms with van der Waals surface area (Å²) >= 11 is 0. The highest BCUT2D eigenvalue weighted by Crippen LogP contribution is 2.36. The van der Waals surface area contributed by atoms with Gasteiger partial charge < -0.3 is 15.3 Å². The first-order valence-corrected chi connectivity index (χ1v) is 5.09. The zero-order valence-electron chi connectivity index (χ0n) is 9.33. The maximum atomic E-state index is 12.8. The Kier molecular flexibility index (Phi) is 3.09. The predicted octanol–water partition coefficient (Wildman–Crippen LogP) is 1.11. The normalized spacial score (nSPS) is 12.7. The Labute approximate surface area is 105 Å². The highest BCUT2D eigenvalue weighted by molar-refractivity contribution is 5.65. The van der Waals surface area contributed by atoms with Crippen molar-refractivity contribution in [2.45, 2.75) is 12.3 Å². The fraction of sp³-hybridized carbons (Fsp3) is 0.182. The molecule has 1 aromatic carbocycles. The van der Waals surface area contributed by atoms with Crippen LogP contribution in [-0.2, 0) is 12.3 Å². The van der Waals surface area contributed by atoms with Gasteiger partial charge in [0.1, 0.15) is 0 Å². The smallest absolute Gasteiger partial charge is 0.324 e. The van der Waals surface area contributed by atoms with Crippen molar-refractivity contribution in [2.75, 3.05) is 0 Å². The highest BCUT2D eigenvalue weighted by Gasteiger charge is 2.39. The summed E-state index contributed by atoms with van der Waals surface area (Å²) in [6, 6.07) is 7.48. The summed E-state index contributed by atoms with van der Waals surface area (Å²) in [4.78, 5) is 0. The second kappa shape index (κ2) is 4.34. The van der Waals surface area contributed by atoms with Crippen molar-refractivity contribution in [3.63, 3.8) is 0 Å². The topological polar surface area (TPSA) is 78.5 Å². The average Bonchev–Trinajstić information content (AvgIpc) is 2.74. The van der Waals surface area contributed by atoms with E-state index in [4.69, 9.17) is 15.3 Å². The van der Waals surface area contributed by atoms with E-state index in [9.17, 15) is 13.2 Å². The van der Waals surface area contributed by atoms with Gasteiger partial charge in [-0.1, -0.05) is 30.3 Å². The summed E-state index contributed by atoms with van der Waals surface area (Å²) in [6.07, 6.45) is -7.58. The van der Waals surface area contributed by atoms with Crippen LogP contribution in [0.2, 0.25) is 0 Å². The number of halogens is 3. The van der Waals surface area contributed by atoms with Gasteiger partial charge in [0.15, 0.2) is 5.69 Å². The third kappa shape index (κ3) is 2.75. The first kappa shape index (κ1) is 13.5. The van der Waals surface area contributed by atoms with Gasteiger partial charge in [0.25, 0.3) is 0 Å². The fourth-order valence-corrected chi connectivity index (χ4v) is 1.57. The van der Waals surface area contributed by atoms with E-state index in [1.807, 2.05) is 0 Å². The maximum absolute atomic E-state index is 12.8. The van der Waals surface area contributed by atoms with E-state index in [1.165, 1.54) is 24.3 Å². The maximum Gasteiger partial charge on any atom is 0.435 e.